The predicted molar refractivity (Wildman–Crippen MR) is 98.0 cm³/mol. The Morgan fingerprint density at radius 2 is 1.80 bits per heavy atom. The Kier molecular flexibility index (Phi) is 6.19. The largest absolute Gasteiger partial charge is 0.497 e. The monoisotopic (exact) mass is 335 g/mol. The van der Waals surface area contributed by atoms with Gasteiger partial charge in [-0.05, 0) is 43.7 Å². The second-order valence-corrected chi connectivity index (χ2v) is 5.65. The van der Waals surface area contributed by atoms with Crippen LogP contribution in [-0.4, -0.2) is 13.0 Å². The molecule has 2 rings (SSSR count). The highest BCUT2D eigenvalue weighted by atomic mass is 16.5. The van der Waals surface area contributed by atoms with Gasteiger partial charge < -0.3 is 15.4 Å². The first-order chi connectivity index (χ1) is 12.0. The third-order valence-corrected chi connectivity index (χ3v) is 3.77. The smallest absolute Gasteiger partial charge is 0.267 e. The summed E-state index contributed by atoms with van der Waals surface area (Å²) in [6.07, 6.45) is 1.44. The van der Waals surface area contributed by atoms with E-state index in [4.69, 9.17) is 4.74 Å². The molecule has 1 unspecified atom stereocenters. The summed E-state index contributed by atoms with van der Waals surface area (Å²) in [6, 6.07) is 16.9. The fraction of sp³-hybridized carbons (Fsp3) is 0.200. The first kappa shape index (κ1) is 18.1. The van der Waals surface area contributed by atoms with Gasteiger partial charge in [0.25, 0.3) is 5.91 Å². The van der Waals surface area contributed by atoms with Gasteiger partial charge in [0.1, 0.15) is 17.4 Å². The lowest BCUT2D eigenvalue weighted by atomic mass is 10.1. The molecule has 0 fully saturated rings. The van der Waals surface area contributed by atoms with E-state index >= 15 is 0 Å². The quantitative estimate of drug-likeness (QED) is 0.623. The average Bonchev–Trinajstić information content (AvgIpc) is 2.64. The summed E-state index contributed by atoms with van der Waals surface area (Å²) < 4.78 is 5.13. The van der Waals surface area contributed by atoms with Gasteiger partial charge in [0.2, 0.25) is 0 Å². The Balaban J connectivity index is 2.01. The summed E-state index contributed by atoms with van der Waals surface area (Å²) in [6.45, 7) is 3.92. The summed E-state index contributed by atoms with van der Waals surface area (Å²) in [4.78, 5) is 12.2. The minimum atomic E-state index is -0.444. The number of ether oxygens (including phenoxy) is 1. The Morgan fingerprint density at radius 3 is 2.36 bits per heavy atom. The fourth-order valence-electron chi connectivity index (χ4n) is 2.18. The number of nitrogens with one attached hydrogen (secondary N) is 2. The number of carbonyl (C=O) groups excluding carboxylic acids is 1. The highest BCUT2D eigenvalue weighted by Gasteiger charge is 2.10. The van der Waals surface area contributed by atoms with Crippen molar-refractivity contribution in [2.24, 2.45) is 0 Å². The maximum absolute atomic E-state index is 12.2. The van der Waals surface area contributed by atoms with Crippen LogP contribution in [0.5, 0.6) is 5.75 Å². The van der Waals surface area contributed by atoms with E-state index in [2.05, 4.69) is 10.6 Å². The molecule has 2 N–H and O–H groups in total. The summed E-state index contributed by atoms with van der Waals surface area (Å²) in [5.41, 5.74) is 2.79. The Hall–Kier alpha value is -3.26. The van der Waals surface area contributed by atoms with Crippen LogP contribution in [0.2, 0.25) is 0 Å². The van der Waals surface area contributed by atoms with E-state index in [0.717, 1.165) is 16.9 Å². The van der Waals surface area contributed by atoms with Gasteiger partial charge in [-0.15, -0.1) is 0 Å². The normalized spacial score (nSPS) is 12.0. The third-order valence-electron chi connectivity index (χ3n) is 3.77. The molecule has 0 aliphatic rings. The van der Waals surface area contributed by atoms with E-state index < -0.39 is 5.91 Å². The highest BCUT2D eigenvalue weighted by Crippen LogP contribution is 2.17. The summed E-state index contributed by atoms with van der Waals surface area (Å²) in [7, 11) is 1.62. The molecule has 25 heavy (non-hydrogen) atoms. The number of carbonyl (C=O) groups is 1. The molecule has 1 atom stereocenters. The predicted octanol–water partition coefficient (Wildman–Crippen LogP) is 3.70. The third kappa shape index (κ3) is 5.11. The van der Waals surface area contributed by atoms with Crippen LogP contribution in [0.25, 0.3) is 0 Å². The molecule has 0 radical (unpaired) electrons. The molecule has 0 saturated carbocycles. The molecule has 0 aliphatic carbocycles. The summed E-state index contributed by atoms with van der Waals surface area (Å²) >= 11 is 0. The van der Waals surface area contributed by atoms with Gasteiger partial charge in [0.15, 0.2) is 0 Å². The van der Waals surface area contributed by atoms with Crippen molar-refractivity contribution < 1.29 is 9.53 Å². The number of nitriles is 1. The van der Waals surface area contributed by atoms with E-state index in [0.29, 0.717) is 5.69 Å². The van der Waals surface area contributed by atoms with Crippen molar-refractivity contribution in [1.29, 1.82) is 5.26 Å². The molecule has 2 aromatic carbocycles. The second kappa shape index (κ2) is 8.55. The van der Waals surface area contributed by atoms with Gasteiger partial charge in [-0.3, -0.25) is 4.79 Å². The number of methoxy groups -OCH3 is 1. The molecule has 5 heteroatoms. The highest BCUT2D eigenvalue weighted by molar-refractivity contribution is 6.06. The molecule has 0 spiro atoms. The zero-order chi connectivity index (χ0) is 18.2. The molecular formula is C20H21N3O2. The zero-order valence-electron chi connectivity index (χ0n) is 14.5. The van der Waals surface area contributed by atoms with Crippen molar-refractivity contribution in [3.05, 3.63) is 71.4 Å². The average molecular weight is 335 g/mol. The second-order valence-electron chi connectivity index (χ2n) is 5.65. The summed E-state index contributed by atoms with van der Waals surface area (Å²) in [5, 5.41) is 15.0. The van der Waals surface area contributed by atoms with Crippen LogP contribution < -0.4 is 15.4 Å². The number of rotatable bonds is 6. The lowest BCUT2D eigenvalue weighted by Gasteiger charge is -2.13. The molecule has 0 aromatic heterocycles. The number of hydrogen-bond acceptors (Lipinski definition) is 4. The van der Waals surface area contributed by atoms with Crippen LogP contribution in [0.15, 0.2) is 60.3 Å². The molecule has 5 nitrogen and oxygen atoms in total. The van der Waals surface area contributed by atoms with Crippen LogP contribution in [0.4, 0.5) is 5.69 Å². The lowest BCUT2D eigenvalue weighted by Crippen LogP contribution is -2.18. The summed E-state index contributed by atoms with van der Waals surface area (Å²) in [5.74, 6) is 0.336. The number of amides is 1. The Labute approximate surface area is 147 Å². The van der Waals surface area contributed by atoms with E-state index in [1.807, 2.05) is 56.3 Å². The molecule has 0 heterocycles. The number of benzene rings is 2. The number of aryl methyl sites for hydroxylation is 1. The Morgan fingerprint density at radius 1 is 1.16 bits per heavy atom. The number of hydrogen-bond donors (Lipinski definition) is 2. The van der Waals surface area contributed by atoms with Crippen molar-refractivity contribution in [1.82, 2.24) is 5.32 Å². The van der Waals surface area contributed by atoms with Gasteiger partial charge >= 0.3 is 0 Å². The van der Waals surface area contributed by atoms with Gasteiger partial charge in [-0.2, -0.15) is 5.26 Å². The van der Waals surface area contributed by atoms with E-state index in [9.17, 15) is 10.1 Å². The first-order valence-corrected chi connectivity index (χ1v) is 7.91. The van der Waals surface area contributed by atoms with Gasteiger partial charge in [0.05, 0.1) is 7.11 Å². The zero-order valence-corrected chi connectivity index (χ0v) is 14.5. The van der Waals surface area contributed by atoms with Crippen molar-refractivity contribution in [3.8, 4) is 11.8 Å². The maximum Gasteiger partial charge on any atom is 0.267 e. The topological polar surface area (TPSA) is 74.1 Å². The molecular weight excluding hydrogens is 314 g/mol. The molecule has 2 aromatic rings. The van der Waals surface area contributed by atoms with Crippen molar-refractivity contribution in [2.45, 2.75) is 19.9 Å². The van der Waals surface area contributed by atoms with Crippen LogP contribution in [0, 0.1) is 18.3 Å². The van der Waals surface area contributed by atoms with Crippen molar-refractivity contribution in [2.75, 3.05) is 12.4 Å². The van der Waals surface area contributed by atoms with E-state index in [1.165, 1.54) is 6.20 Å². The van der Waals surface area contributed by atoms with E-state index in [1.54, 1.807) is 19.2 Å². The van der Waals surface area contributed by atoms with Crippen LogP contribution >= 0.6 is 0 Å². The van der Waals surface area contributed by atoms with Crippen LogP contribution in [0.3, 0.4) is 0 Å². The minimum absolute atomic E-state index is 0.0148. The number of anilines is 1. The van der Waals surface area contributed by atoms with Crippen LogP contribution in [-0.2, 0) is 4.79 Å². The molecule has 0 saturated heterocycles. The minimum Gasteiger partial charge on any atom is -0.497 e. The molecule has 128 valence electrons. The van der Waals surface area contributed by atoms with E-state index in [-0.39, 0.29) is 11.6 Å². The molecule has 1 amide bonds. The maximum atomic E-state index is 12.2. The fourth-order valence-corrected chi connectivity index (χ4v) is 2.18. The van der Waals surface area contributed by atoms with Gasteiger partial charge in [-0.25, -0.2) is 0 Å². The van der Waals surface area contributed by atoms with Gasteiger partial charge in [-0.1, -0.05) is 29.8 Å². The van der Waals surface area contributed by atoms with Crippen molar-refractivity contribution in [3.63, 3.8) is 0 Å². The van der Waals surface area contributed by atoms with Gasteiger partial charge in [0, 0.05) is 17.9 Å². The van der Waals surface area contributed by atoms with Crippen molar-refractivity contribution >= 4 is 11.6 Å². The first-order valence-electron chi connectivity index (χ1n) is 7.91. The Bertz CT molecular complexity index is 787. The van der Waals surface area contributed by atoms with Crippen LogP contribution in [0.1, 0.15) is 24.1 Å². The molecule has 0 bridgehead atoms. The number of nitrogens with zero attached hydrogens (tertiary/aromatic N) is 1. The standard InChI is InChI=1S/C20H21N3O2/c1-14-4-8-18(9-5-14)23-20(24)17(12-21)13-22-15(2)16-6-10-19(25-3)11-7-16/h4-11,13,15,22H,1-3H3,(H,23,24)/b17-13-. The lowest BCUT2D eigenvalue weighted by molar-refractivity contribution is -0.112. The SMILES string of the molecule is COc1ccc(C(C)N/C=C(/C#N)C(=O)Nc2ccc(C)cc2)cc1. The molecule has 0 aliphatic heterocycles.